The second kappa shape index (κ2) is 9.37. The molecule has 0 spiro atoms. The second-order valence-electron chi connectivity index (χ2n) is 7.98. The van der Waals surface area contributed by atoms with Crippen molar-refractivity contribution in [1.82, 2.24) is 24.6 Å². The van der Waals surface area contributed by atoms with E-state index in [9.17, 15) is 0 Å². The monoisotopic (exact) mass is 392 g/mol. The van der Waals surface area contributed by atoms with Crippen LogP contribution in [0.3, 0.4) is 0 Å². The number of aryl methyl sites for hydroxylation is 2. The third-order valence-electron chi connectivity index (χ3n) is 5.80. The average Bonchev–Trinajstić information content (AvgIpc) is 3.18. The van der Waals surface area contributed by atoms with Crippen LogP contribution < -0.4 is 10.2 Å². The van der Waals surface area contributed by atoms with E-state index in [1.165, 1.54) is 42.8 Å². The minimum absolute atomic E-state index is 0.809. The Hall–Kier alpha value is -2.44. The van der Waals surface area contributed by atoms with E-state index in [-0.39, 0.29) is 0 Å². The number of pyridine rings is 2. The standard InChI is InChI=1S/C14H21N5.C9H11N/c1-15-10-12-11-19-13(16-12)4-3-5-14(19)18-8-6-17(2)7-9-18;1-2-6-9-8(4-1)5-3-7-10-9/h3-5,11,15H,6-10H2,1-2H3;3,5,7H,1-2,4,6H2. The molecule has 0 aromatic carbocycles. The van der Waals surface area contributed by atoms with Crippen LogP contribution in [0.2, 0.25) is 0 Å². The number of piperazine rings is 1. The third-order valence-corrected chi connectivity index (χ3v) is 5.80. The highest BCUT2D eigenvalue weighted by Crippen LogP contribution is 2.19. The van der Waals surface area contributed by atoms with Crippen molar-refractivity contribution < 1.29 is 0 Å². The van der Waals surface area contributed by atoms with Gasteiger partial charge in [0.2, 0.25) is 0 Å². The van der Waals surface area contributed by atoms with Gasteiger partial charge < -0.3 is 15.1 Å². The summed E-state index contributed by atoms with van der Waals surface area (Å²) in [5.41, 5.74) is 4.91. The Labute approximate surface area is 173 Å². The number of anilines is 1. The Bertz CT molecular complexity index is 901. The van der Waals surface area contributed by atoms with Gasteiger partial charge in [0.25, 0.3) is 0 Å². The van der Waals surface area contributed by atoms with Gasteiger partial charge in [-0.3, -0.25) is 9.38 Å². The van der Waals surface area contributed by atoms with E-state index in [0.29, 0.717) is 0 Å². The molecule has 5 rings (SSSR count). The van der Waals surface area contributed by atoms with Crippen LogP contribution in [0.1, 0.15) is 29.8 Å². The summed E-state index contributed by atoms with van der Waals surface area (Å²) in [5, 5.41) is 3.15. The first-order valence-corrected chi connectivity index (χ1v) is 10.7. The van der Waals surface area contributed by atoms with E-state index in [1.54, 1.807) is 0 Å². The lowest BCUT2D eigenvalue weighted by Gasteiger charge is -2.34. The average molecular weight is 393 g/mol. The molecule has 0 bridgehead atoms. The van der Waals surface area contributed by atoms with Crippen molar-refractivity contribution in [2.24, 2.45) is 0 Å². The maximum atomic E-state index is 4.64. The number of nitrogens with zero attached hydrogens (tertiary/aromatic N) is 5. The van der Waals surface area contributed by atoms with Gasteiger partial charge in [-0.05, 0) is 63.5 Å². The SMILES string of the molecule is CNCc1cn2c(N3CCN(C)CC3)cccc2n1.c1cnc2c(c1)CCCC2. The normalized spacial score (nSPS) is 17.0. The molecule has 2 aliphatic rings. The predicted octanol–water partition coefficient (Wildman–Crippen LogP) is 2.77. The van der Waals surface area contributed by atoms with Crippen molar-refractivity contribution in [3.8, 4) is 0 Å². The summed E-state index contributed by atoms with van der Waals surface area (Å²) in [7, 11) is 4.13. The zero-order valence-electron chi connectivity index (χ0n) is 17.6. The molecular weight excluding hydrogens is 360 g/mol. The molecule has 6 nitrogen and oxygen atoms in total. The second-order valence-corrected chi connectivity index (χ2v) is 7.98. The van der Waals surface area contributed by atoms with Crippen molar-refractivity contribution in [2.75, 3.05) is 45.2 Å². The summed E-state index contributed by atoms with van der Waals surface area (Å²) in [4.78, 5) is 13.8. The van der Waals surface area contributed by atoms with Gasteiger partial charge in [-0.25, -0.2) is 4.98 Å². The van der Waals surface area contributed by atoms with E-state index < -0.39 is 0 Å². The summed E-state index contributed by atoms with van der Waals surface area (Å²) in [5.74, 6) is 1.25. The van der Waals surface area contributed by atoms with Crippen LogP contribution in [0.25, 0.3) is 5.65 Å². The van der Waals surface area contributed by atoms with E-state index in [1.807, 2.05) is 19.3 Å². The fraction of sp³-hybridized carbons (Fsp3) is 0.478. The molecule has 0 saturated carbocycles. The molecule has 4 heterocycles. The third kappa shape index (κ3) is 4.77. The molecule has 154 valence electrons. The number of aromatic nitrogens is 3. The zero-order valence-corrected chi connectivity index (χ0v) is 17.6. The van der Waals surface area contributed by atoms with Crippen LogP contribution >= 0.6 is 0 Å². The fourth-order valence-electron chi connectivity index (χ4n) is 4.14. The molecule has 0 radical (unpaired) electrons. The molecule has 1 fully saturated rings. The fourth-order valence-corrected chi connectivity index (χ4v) is 4.14. The Morgan fingerprint density at radius 1 is 1.00 bits per heavy atom. The molecule has 1 saturated heterocycles. The van der Waals surface area contributed by atoms with Crippen LogP contribution in [0, 0.1) is 0 Å². The Kier molecular flexibility index (Phi) is 6.42. The van der Waals surface area contributed by atoms with Gasteiger partial charge >= 0.3 is 0 Å². The number of likely N-dealkylation sites (N-methyl/N-ethyl adjacent to an activating group) is 1. The molecular formula is C23H32N6. The summed E-state index contributed by atoms with van der Waals surface area (Å²) in [6, 6.07) is 10.6. The van der Waals surface area contributed by atoms with Gasteiger partial charge in [0.1, 0.15) is 11.5 Å². The minimum Gasteiger partial charge on any atom is -0.355 e. The summed E-state index contributed by atoms with van der Waals surface area (Å²) in [6.45, 7) is 5.21. The number of fused-ring (bicyclic) bond motifs is 2. The molecule has 1 N–H and O–H groups in total. The topological polar surface area (TPSA) is 48.7 Å². The molecule has 0 atom stereocenters. The van der Waals surface area contributed by atoms with Crippen LogP contribution in [-0.2, 0) is 19.4 Å². The zero-order chi connectivity index (χ0) is 20.1. The summed E-state index contributed by atoms with van der Waals surface area (Å²) >= 11 is 0. The highest BCUT2D eigenvalue weighted by atomic mass is 15.3. The van der Waals surface area contributed by atoms with Crippen LogP contribution in [0.5, 0.6) is 0 Å². The summed E-state index contributed by atoms with van der Waals surface area (Å²) in [6.07, 6.45) is 9.13. The number of hydrogen-bond acceptors (Lipinski definition) is 5. The van der Waals surface area contributed by atoms with Gasteiger partial charge in [0.05, 0.1) is 5.69 Å². The number of rotatable bonds is 3. The number of hydrogen-bond donors (Lipinski definition) is 1. The largest absolute Gasteiger partial charge is 0.355 e. The van der Waals surface area contributed by atoms with Crippen molar-refractivity contribution >= 4 is 11.5 Å². The number of imidazole rings is 1. The molecule has 3 aromatic rings. The van der Waals surface area contributed by atoms with E-state index in [0.717, 1.165) is 44.1 Å². The molecule has 29 heavy (non-hydrogen) atoms. The smallest absolute Gasteiger partial charge is 0.138 e. The first-order chi connectivity index (χ1) is 14.2. The Morgan fingerprint density at radius 2 is 1.83 bits per heavy atom. The van der Waals surface area contributed by atoms with Gasteiger partial charge in [0, 0.05) is 50.8 Å². The maximum absolute atomic E-state index is 4.64. The molecule has 1 aliphatic carbocycles. The first kappa shape index (κ1) is 19.9. The van der Waals surface area contributed by atoms with Gasteiger partial charge in [-0.1, -0.05) is 12.1 Å². The van der Waals surface area contributed by atoms with Gasteiger partial charge in [-0.15, -0.1) is 0 Å². The molecule has 1 aliphatic heterocycles. The van der Waals surface area contributed by atoms with E-state index >= 15 is 0 Å². The van der Waals surface area contributed by atoms with Crippen LogP contribution in [0.4, 0.5) is 5.82 Å². The van der Waals surface area contributed by atoms with Gasteiger partial charge in [0.15, 0.2) is 0 Å². The quantitative estimate of drug-likeness (QED) is 0.743. The van der Waals surface area contributed by atoms with Crippen LogP contribution in [0.15, 0.2) is 42.7 Å². The van der Waals surface area contributed by atoms with Crippen molar-refractivity contribution in [1.29, 1.82) is 0 Å². The first-order valence-electron chi connectivity index (χ1n) is 10.7. The summed E-state index contributed by atoms with van der Waals surface area (Å²) < 4.78 is 2.21. The van der Waals surface area contributed by atoms with Crippen LogP contribution in [-0.4, -0.2) is 59.5 Å². The molecule has 6 heteroatoms. The Balaban J connectivity index is 0.000000171. The van der Waals surface area contributed by atoms with Crippen molar-refractivity contribution in [2.45, 2.75) is 32.2 Å². The van der Waals surface area contributed by atoms with E-state index in [4.69, 9.17) is 0 Å². The highest BCUT2D eigenvalue weighted by molar-refractivity contribution is 5.52. The molecule has 3 aromatic heterocycles. The highest BCUT2D eigenvalue weighted by Gasteiger charge is 2.16. The molecule has 0 amide bonds. The van der Waals surface area contributed by atoms with Crippen molar-refractivity contribution in [3.63, 3.8) is 0 Å². The maximum Gasteiger partial charge on any atom is 0.138 e. The van der Waals surface area contributed by atoms with Crippen molar-refractivity contribution in [3.05, 3.63) is 59.7 Å². The van der Waals surface area contributed by atoms with E-state index in [2.05, 4.69) is 67.0 Å². The lowest BCUT2D eigenvalue weighted by atomic mass is 9.96. The Morgan fingerprint density at radius 3 is 2.62 bits per heavy atom. The van der Waals surface area contributed by atoms with Gasteiger partial charge in [-0.2, -0.15) is 0 Å². The predicted molar refractivity (Wildman–Crippen MR) is 119 cm³/mol. The number of nitrogens with one attached hydrogen (secondary N) is 1. The molecule has 0 unspecified atom stereocenters. The lowest BCUT2D eigenvalue weighted by Crippen LogP contribution is -2.45. The lowest BCUT2D eigenvalue weighted by molar-refractivity contribution is 0.312. The minimum atomic E-state index is 0.809.